The number of carbonyl (C=O) groups excluding carboxylic acids is 2. The Balaban J connectivity index is 1.98. The Morgan fingerprint density at radius 3 is 1.93 bits per heavy atom. The van der Waals surface area contributed by atoms with Crippen LogP contribution in [-0.4, -0.2) is 11.8 Å². The Labute approximate surface area is 160 Å². The van der Waals surface area contributed by atoms with Gasteiger partial charge in [-0.05, 0) is 54.7 Å². The number of hydrogen-bond donors (Lipinski definition) is 2. The van der Waals surface area contributed by atoms with Crippen molar-refractivity contribution in [1.29, 1.82) is 0 Å². The van der Waals surface area contributed by atoms with Crippen molar-refractivity contribution in [2.75, 3.05) is 5.32 Å². The van der Waals surface area contributed by atoms with Crippen molar-refractivity contribution in [3.63, 3.8) is 0 Å². The van der Waals surface area contributed by atoms with Crippen molar-refractivity contribution >= 4 is 17.5 Å². The van der Waals surface area contributed by atoms with Gasteiger partial charge in [0, 0.05) is 12.2 Å². The molecule has 0 saturated heterocycles. The number of halogens is 1. The van der Waals surface area contributed by atoms with E-state index in [0.29, 0.717) is 5.69 Å². The summed E-state index contributed by atoms with van der Waals surface area (Å²) in [6, 6.07) is 13.5. The topological polar surface area (TPSA) is 58.2 Å². The van der Waals surface area contributed by atoms with Gasteiger partial charge < -0.3 is 10.6 Å². The lowest BCUT2D eigenvalue weighted by Gasteiger charge is -2.23. The molecule has 0 atom stereocenters. The molecule has 0 aromatic heterocycles. The lowest BCUT2D eigenvalue weighted by Crippen LogP contribution is -2.44. The molecule has 0 heterocycles. The fourth-order valence-corrected chi connectivity index (χ4v) is 2.45. The predicted molar refractivity (Wildman–Crippen MR) is 106 cm³/mol. The van der Waals surface area contributed by atoms with Crippen molar-refractivity contribution in [3.05, 3.63) is 65.5 Å². The molecule has 2 amide bonds. The van der Waals surface area contributed by atoms with E-state index >= 15 is 0 Å². The van der Waals surface area contributed by atoms with E-state index in [-0.39, 0.29) is 23.7 Å². The Morgan fingerprint density at radius 1 is 0.852 bits per heavy atom. The molecule has 0 spiro atoms. The summed E-state index contributed by atoms with van der Waals surface area (Å²) < 4.78 is 12.9. The molecule has 27 heavy (non-hydrogen) atoms. The molecule has 5 heteroatoms. The van der Waals surface area contributed by atoms with E-state index in [4.69, 9.17) is 0 Å². The van der Waals surface area contributed by atoms with Crippen molar-refractivity contribution in [1.82, 2.24) is 5.32 Å². The van der Waals surface area contributed by atoms with E-state index in [1.165, 1.54) is 12.1 Å². The zero-order valence-corrected chi connectivity index (χ0v) is 16.5. The van der Waals surface area contributed by atoms with E-state index < -0.39 is 11.3 Å². The minimum Gasteiger partial charge on any atom is -0.351 e. The highest BCUT2D eigenvalue weighted by atomic mass is 19.1. The van der Waals surface area contributed by atoms with Crippen molar-refractivity contribution in [2.24, 2.45) is 5.41 Å². The molecule has 0 aliphatic rings. The number of rotatable bonds is 5. The molecule has 2 aromatic rings. The first-order chi connectivity index (χ1) is 12.5. The lowest BCUT2D eigenvalue weighted by atomic mass is 9.87. The van der Waals surface area contributed by atoms with Crippen LogP contribution in [0.3, 0.4) is 0 Å². The average Bonchev–Trinajstić information content (AvgIpc) is 2.60. The van der Waals surface area contributed by atoms with Crippen LogP contribution in [0.5, 0.6) is 0 Å². The number of amides is 2. The Hall–Kier alpha value is -2.69. The summed E-state index contributed by atoms with van der Waals surface area (Å²) in [5.41, 5.74) is 1.35. The quantitative estimate of drug-likeness (QED) is 0.766. The fourth-order valence-electron chi connectivity index (χ4n) is 2.45. The van der Waals surface area contributed by atoms with Gasteiger partial charge in [0.25, 0.3) is 0 Å². The third kappa shape index (κ3) is 5.39. The second kappa shape index (κ2) is 7.91. The fraction of sp³-hybridized carbons (Fsp3) is 0.364. The van der Waals surface area contributed by atoms with Crippen LogP contribution in [0.25, 0.3) is 0 Å². The molecule has 0 aliphatic heterocycles. The minimum atomic E-state index is -1.25. The number of anilines is 1. The predicted octanol–water partition coefficient (Wildman–Crippen LogP) is 4.40. The summed E-state index contributed by atoms with van der Waals surface area (Å²) in [7, 11) is 0. The van der Waals surface area contributed by atoms with Crippen LogP contribution < -0.4 is 10.6 Å². The number of carbonyl (C=O) groups is 2. The smallest absolute Gasteiger partial charge is 0.239 e. The van der Waals surface area contributed by atoms with Crippen molar-refractivity contribution in [2.45, 2.75) is 46.6 Å². The Bertz CT molecular complexity index is 804. The third-order valence-corrected chi connectivity index (χ3v) is 4.51. The summed E-state index contributed by atoms with van der Waals surface area (Å²) in [5.74, 6) is -1.11. The van der Waals surface area contributed by atoms with E-state index in [1.54, 1.807) is 26.0 Å². The van der Waals surface area contributed by atoms with E-state index in [0.717, 1.165) is 11.1 Å². The zero-order chi connectivity index (χ0) is 20.2. The summed E-state index contributed by atoms with van der Waals surface area (Å²) in [4.78, 5) is 25.1. The molecule has 0 unspecified atom stereocenters. The van der Waals surface area contributed by atoms with Gasteiger partial charge in [-0.3, -0.25) is 9.59 Å². The van der Waals surface area contributed by atoms with Crippen LogP contribution in [0.2, 0.25) is 0 Å². The van der Waals surface area contributed by atoms with Gasteiger partial charge in [0.2, 0.25) is 11.8 Å². The van der Waals surface area contributed by atoms with Crippen LogP contribution in [0.4, 0.5) is 10.1 Å². The largest absolute Gasteiger partial charge is 0.351 e. The van der Waals surface area contributed by atoms with Crippen LogP contribution in [0.1, 0.15) is 45.7 Å². The standard InChI is InChI=1S/C22H27FN2O2/c1-21(2,3)16-8-12-18(13-9-16)25-20(27)22(4,5)19(26)24-14-15-6-10-17(23)11-7-15/h6-13H,14H2,1-5H3,(H,24,26)(H,25,27). The van der Waals surface area contributed by atoms with Crippen LogP contribution >= 0.6 is 0 Å². The van der Waals surface area contributed by atoms with E-state index in [9.17, 15) is 14.0 Å². The minimum absolute atomic E-state index is 0.0298. The highest BCUT2D eigenvalue weighted by Gasteiger charge is 2.36. The maximum absolute atomic E-state index is 12.9. The highest BCUT2D eigenvalue weighted by molar-refractivity contribution is 6.09. The average molecular weight is 370 g/mol. The maximum atomic E-state index is 12.9. The number of hydrogen-bond acceptors (Lipinski definition) is 2. The molecule has 2 rings (SSSR count). The number of benzene rings is 2. The van der Waals surface area contributed by atoms with Gasteiger partial charge in [-0.2, -0.15) is 0 Å². The van der Waals surface area contributed by atoms with Gasteiger partial charge in [0.15, 0.2) is 0 Å². The summed E-state index contributed by atoms with van der Waals surface area (Å²) in [6.45, 7) is 9.74. The Morgan fingerprint density at radius 2 is 1.41 bits per heavy atom. The second-order valence-corrected chi connectivity index (χ2v) is 8.22. The maximum Gasteiger partial charge on any atom is 0.239 e. The summed E-state index contributed by atoms with van der Waals surface area (Å²) >= 11 is 0. The van der Waals surface area contributed by atoms with Crippen LogP contribution in [0.15, 0.2) is 48.5 Å². The van der Waals surface area contributed by atoms with Crippen molar-refractivity contribution < 1.29 is 14.0 Å². The van der Waals surface area contributed by atoms with Gasteiger partial charge in [-0.1, -0.05) is 45.0 Å². The van der Waals surface area contributed by atoms with Gasteiger partial charge >= 0.3 is 0 Å². The first-order valence-electron chi connectivity index (χ1n) is 8.95. The lowest BCUT2D eigenvalue weighted by molar-refractivity contribution is -0.138. The van der Waals surface area contributed by atoms with Gasteiger partial charge in [0.1, 0.15) is 11.2 Å². The number of nitrogens with one attached hydrogen (secondary N) is 2. The molecule has 2 aromatic carbocycles. The molecular formula is C22H27FN2O2. The van der Waals surface area contributed by atoms with Crippen molar-refractivity contribution in [3.8, 4) is 0 Å². The first-order valence-corrected chi connectivity index (χ1v) is 8.95. The summed E-state index contributed by atoms with van der Waals surface area (Å²) in [6.07, 6.45) is 0. The van der Waals surface area contributed by atoms with Gasteiger partial charge in [-0.25, -0.2) is 4.39 Å². The molecule has 0 radical (unpaired) electrons. The first kappa shape index (κ1) is 20.6. The van der Waals surface area contributed by atoms with Gasteiger partial charge in [-0.15, -0.1) is 0 Å². The molecule has 0 saturated carbocycles. The van der Waals surface area contributed by atoms with E-state index in [2.05, 4.69) is 31.4 Å². The third-order valence-electron chi connectivity index (χ3n) is 4.51. The molecule has 2 N–H and O–H groups in total. The summed E-state index contributed by atoms with van der Waals surface area (Å²) in [5, 5.41) is 5.53. The second-order valence-electron chi connectivity index (χ2n) is 8.22. The van der Waals surface area contributed by atoms with E-state index in [1.807, 2.05) is 24.3 Å². The highest BCUT2D eigenvalue weighted by Crippen LogP contribution is 2.25. The monoisotopic (exact) mass is 370 g/mol. The molecule has 0 bridgehead atoms. The SMILES string of the molecule is CC(C)(C(=O)NCc1ccc(F)cc1)C(=O)Nc1ccc(C(C)(C)C)cc1. The Kier molecular flexibility index (Phi) is 6.04. The van der Waals surface area contributed by atoms with Crippen LogP contribution in [-0.2, 0) is 21.5 Å². The molecule has 0 aliphatic carbocycles. The normalized spacial score (nSPS) is 11.8. The van der Waals surface area contributed by atoms with Crippen LogP contribution in [0, 0.1) is 11.2 Å². The molecule has 144 valence electrons. The molecule has 0 fully saturated rings. The van der Waals surface area contributed by atoms with Gasteiger partial charge in [0.05, 0.1) is 0 Å². The zero-order valence-electron chi connectivity index (χ0n) is 16.5. The molecule has 4 nitrogen and oxygen atoms in total. The molecular weight excluding hydrogens is 343 g/mol.